The summed E-state index contributed by atoms with van der Waals surface area (Å²) < 4.78 is 4.69. The van der Waals surface area contributed by atoms with Crippen LogP contribution in [0, 0.1) is 5.92 Å². The molecular formula is C26H29ClN4O2. The Morgan fingerprint density at radius 2 is 1.73 bits per heavy atom. The largest absolute Gasteiger partial charge is 0.337 e. The second-order valence-electron chi connectivity index (χ2n) is 9.18. The molecule has 0 bridgehead atoms. The second-order valence-corrected chi connectivity index (χ2v) is 9.61. The van der Waals surface area contributed by atoms with E-state index in [1.54, 1.807) is 15.5 Å². The van der Waals surface area contributed by atoms with Crippen molar-refractivity contribution in [3.8, 4) is 5.69 Å². The van der Waals surface area contributed by atoms with E-state index in [-0.39, 0.29) is 11.2 Å². The van der Waals surface area contributed by atoms with Crippen molar-refractivity contribution >= 4 is 22.8 Å². The van der Waals surface area contributed by atoms with E-state index in [0.717, 1.165) is 12.0 Å². The van der Waals surface area contributed by atoms with E-state index in [2.05, 4.69) is 32.7 Å². The molecule has 0 aliphatic rings. The van der Waals surface area contributed by atoms with E-state index in [9.17, 15) is 9.59 Å². The Hall–Kier alpha value is -3.12. The quantitative estimate of drug-likeness (QED) is 0.376. The average Bonchev–Trinajstić information content (AvgIpc) is 3.17. The van der Waals surface area contributed by atoms with Crippen LogP contribution in [0.25, 0.3) is 16.9 Å². The number of hydrogen-bond donors (Lipinski definition) is 0. The van der Waals surface area contributed by atoms with Crippen LogP contribution in [0.1, 0.15) is 51.2 Å². The summed E-state index contributed by atoms with van der Waals surface area (Å²) in [4.78, 5) is 31.5. The fraction of sp³-hybridized carbons (Fsp3) is 0.346. The third-order valence-electron chi connectivity index (χ3n) is 5.89. The van der Waals surface area contributed by atoms with Crippen molar-refractivity contribution in [2.45, 2.75) is 53.1 Å². The van der Waals surface area contributed by atoms with Crippen molar-refractivity contribution in [2.75, 3.05) is 0 Å². The van der Waals surface area contributed by atoms with Crippen molar-refractivity contribution in [3.05, 3.63) is 91.8 Å². The van der Waals surface area contributed by atoms with Crippen molar-refractivity contribution < 1.29 is 0 Å². The molecule has 0 unspecified atom stereocenters. The molecule has 33 heavy (non-hydrogen) atoms. The van der Waals surface area contributed by atoms with E-state index >= 15 is 0 Å². The zero-order valence-electron chi connectivity index (χ0n) is 19.5. The van der Waals surface area contributed by atoms with Crippen LogP contribution in [-0.4, -0.2) is 18.7 Å². The van der Waals surface area contributed by atoms with Crippen molar-refractivity contribution in [1.29, 1.82) is 0 Å². The topological polar surface area (TPSA) is 61.8 Å². The highest BCUT2D eigenvalue weighted by atomic mass is 35.5. The minimum absolute atomic E-state index is 0.315. The van der Waals surface area contributed by atoms with Gasteiger partial charge in [-0.05, 0) is 53.6 Å². The SMILES string of the molecule is CC(C)CCn1c(=O)c2c(ncn2Cc2cccc(Cl)c2)n(-c2ccc(C(C)C)cc2)c1=O. The first-order valence-electron chi connectivity index (χ1n) is 11.3. The van der Waals surface area contributed by atoms with E-state index in [0.29, 0.717) is 46.8 Å². The maximum Gasteiger partial charge on any atom is 0.337 e. The van der Waals surface area contributed by atoms with Crippen LogP contribution in [-0.2, 0) is 13.1 Å². The highest BCUT2D eigenvalue weighted by molar-refractivity contribution is 6.30. The Bertz CT molecular complexity index is 1390. The Morgan fingerprint density at radius 1 is 1.00 bits per heavy atom. The van der Waals surface area contributed by atoms with Crippen LogP contribution in [0.3, 0.4) is 0 Å². The smallest absolute Gasteiger partial charge is 0.320 e. The number of nitrogens with zero attached hydrogens (tertiary/aromatic N) is 4. The molecule has 6 nitrogen and oxygen atoms in total. The van der Waals surface area contributed by atoms with Crippen LogP contribution < -0.4 is 11.2 Å². The fourth-order valence-corrected chi connectivity index (χ4v) is 4.17. The summed E-state index contributed by atoms with van der Waals surface area (Å²) in [6.45, 7) is 9.21. The molecule has 2 aromatic carbocycles. The molecule has 0 atom stereocenters. The summed E-state index contributed by atoms with van der Waals surface area (Å²) in [6, 6.07) is 15.4. The number of aromatic nitrogens is 4. The standard InChI is InChI=1S/C26H29ClN4O2/c1-17(2)12-13-30-25(32)23-24(28-16-29(23)15-19-6-5-7-21(27)14-19)31(26(30)33)22-10-8-20(9-11-22)18(3)4/h5-11,14,16-18H,12-13,15H2,1-4H3. The summed E-state index contributed by atoms with van der Waals surface area (Å²) in [6.07, 6.45) is 2.35. The van der Waals surface area contributed by atoms with Gasteiger partial charge in [0, 0.05) is 18.1 Å². The first-order valence-corrected chi connectivity index (χ1v) is 11.7. The summed E-state index contributed by atoms with van der Waals surface area (Å²) >= 11 is 6.16. The van der Waals surface area contributed by atoms with Gasteiger partial charge in [-0.25, -0.2) is 14.3 Å². The first kappa shape index (κ1) is 23.1. The maximum absolute atomic E-state index is 13.5. The maximum atomic E-state index is 13.5. The van der Waals surface area contributed by atoms with Gasteiger partial charge < -0.3 is 4.57 Å². The monoisotopic (exact) mass is 464 g/mol. The zero-order valence-corrected chi connectivity index (χ0v) is 20.2. The fourth-order valence-electron chi connectivity index (χ4n) is 3.96. The average molecular weight is 465 g/mol. The van der Waals surface area contributed by atoms with Crippen molar-refractivity contribution in [2.24, 2.45) is 5.92 Å². The number of rotatable bonds is 7. The summed E-state index contributed by atoms with van der Waals surface area (Å²) in [5.41, 5.74) is 2.93. The molecule has 0 spiro atoms. The van der Waals surface area contributed by atoms with E-state index < -0.39 is 0 Å². The lowest BCUT2D eigenvalue weighted by Crippen LogP contribution is -2.40. The van der Waals surface area contributed by atoms with Gasteiger partial charge in [0.05, 0.1) is 12.0 Å². The van der Waals surface area contributed by atoms with E-state index in [4.69, 9.17) is 11.6 Å². The van der Waals surface area contributed by atoms with Crippen molar-refractivity contribution in [1.82, 2.24) is 18.7 Å². The molecule has 0 N–H and O–H groups in total. The van der Waals surface area contributed by atoms with E-state index in [1.165, 1.54) is 10.1 Å². The second kappa shape index (κ2) is 9.40. The van der Waals surface area contributed by atoms with Crippen LogP contribution in [0.5, 0.6) is 0 Å². The number of hydrogen-bond acceptors (Lipinski definition) is 3. The van der Waals surface area contributed by atoms with Gasteiger partial charge >= 0.3 is 5.69 Å². The Kier molecular flexibility index (Phi) is 6.56. The summed E-state index contributed by atoms with van der Waals surface area (Å²) in [5, 5.41) is 0.633. The zero-order chi connectivity index (χ0) is 23.7. The van der Waals surface area contributed by atoms with Gasteiger partial charge in [-0.2, -0.15) is 0 Å². The number of halogens is 1. The first-order chi connectivity index (χ1) is 15.8. The minimum Gasteiger partial charge on any atom is -0.320 e. The Morgan fingerprint density at radius 3 is 2.36 bits per heavy atom. The molecule has 0 saturated heterocycles. The molecule has 0 aliphatic heterocycles. The highest BCUT2D eigenvalue weighted by Crippen LogP contribution is 2.19. The van der Waals surface area contributed by atoms with Crippen LogP contribution in [0.2, 0.25) is 5.02 Å². The number of imidazole rings is 1. The molecular weight excluding hydrogens is 436 g/mol. The predicted molar refractivity (Wildman–Crippen MR) is 134 cm³/mol. The number of fused-ring (bicyclic) bond motifs is 1. The molecule has 4 aromatic rings. The molecule has 4 rings (SSSR count). The predicted octanol–water partition coefficient (Wildman–Crippen LogP) is 5.22. The highest BCUT2D eigenvalue weighted by Gasteiger charge is 2.19. The lowest BCUT2D eigenvalue weighted by Gasteiger charge is -2.14. The molecule has 172 valence electrons. The lowest BCUT2D eigenvalue weighted by atomic mass is 10.0. The van der Waals surface area contributed by atoms with Gasteiger partial charge in [-0.15, -0.1) is 0 Å². The Balaban J connectivity index is 1.93. The molecule has 2 aromatic heterocycles. The van der Waals surface area contributed by atoms with Gasteiger partial charge in [0.25, 0.3) is 5.56 Å². The van der Waals surface area contributed by atoms with Gasteiger partial charge in [-0.1, -0.05) is 63.6 Å². The third kappa shape index (κ3) is 4.67. The van der Waals surface area contributed by atoms with Crippen LogP contribution >= 0.6 is 11.6 Å². The van der Waals surface area contributed by atoms with Gasteiger partial charge in [0.1, 0.15) is 0 Å². The molecule has 7 heteroatoms. The molecule has 0 fully saturated rings. The normalized spacial score (nSPS) is 11.7. The molecule has 0 amide bonds. The Labute approximate surface area is 198 Å². The third-order valence-corrected chi connectivity index (χ3v) is 6.13. The minimum atomic E-state index is -0.363. The summed E-state index contributed by atoms with van der Waals surface area (Å²) in [5.74, 6) is 0.745. The van der Waals surface area contributed by atoms with Gasteiger partial charge in [0.2, 0.25) is 0 Å². The van der Waals surface area contributed by atoms with Gasteiger partial charge in [0.15, 0.2) is 11.2 Å². The number of benzene rings is 2. The van der Waals surface area contributed by atoms with Gasteiger partial charge in [-0.3, -0.25) is 9.36 Å². The van der Waals surface area contributed by atoms with Crippen LogP contribution in [0.4, 0.5) is 0 Å². The van der Waals surface area contributed by atoms with Crippen LogP contribution in [0.15, 0.2) is 64.4 Å². The molecule has 2 heterocycles. The molecule has 0 aliphatic carbocycles. The van der Waals surface area contributed by atoms with Crippen molar-refractivity contribution in [3.63, 3.8) is 0 Å². The van der Waals surface area contributed by atoms with E-state index in [1.807, 2.05) is 48.5 Å². The molecule has 0 radical (unpaired) electrons. The molecule has 0 saturated carbocycles. The lowest BCUT2D eigenvalue weighted by molar-refractivity contribution is 0.491. The summed E-state index contributed by atoms with van der Waals surface area (Å²) in [7, 11) is 0.